The first-order chi connectivity index (χ1) is 8.69. The van der Waals surface area contributed by atoms with Gasteiger partial charge < -0.3 is 14.6 Å². The number of carbonyl (C=O) groups is 1. The highest BCUT2D eigenvalue weighted by molar-refractivity contribution is 5.94. The lowest BCUT2D eigenvalue weighted by molar-refractivity contribution is 0.0963. The second-order valence-corrected chi connectivity index (χ2v) is 3.63. The van der Waals surface area contributed by atoms with Gasteiger partial charge in [-0.1, -0.05) is 5.16 Å². The van der Waals surface area contributed by atoms with Gasteiger partial charge in [-0.15, -0.1) is 0 Å². The number of carbonyl (C=O) groups excluding carboxylic acids is 1. The molecule has 1 amide bonds. The van der Waals surface area contributed by atoms with Crippen molar-refractivity contribution in [3.63, 3.8) is 0 Å². The smallest absolute Gasteiger partial charge is 0.264 e. The van der Waals surface area contributed by atoms with Gasteiger partial charge in [-0.05, 0) is 31.2 Å². The Morgan fingerprint density at radius 2 is 2.11 bits per heavy atom. The topological polar surface area (TPSA) is 77.2 Å². The van der Waals surface area contributed by atoms with Gasteiger partial charge in [0.25, 0.3) is 11.8 Å². The van der Waals surface area contributed by atoms with Crippen LogP contribution in [0, 0.1) is 6.92 Å². The van der Waals surface area contributed by atoms with Crippen molar-refractivity contribution in [2.75, 3.05) is 7.05 Å². The summed E-state index contributed by atoms with van der Waals surface area (Å²) in [5.41, 5.74) is 0.582. The van der Waals surface area contributed by atoms with Gasteiger partial charge in [0, 0.05) is 12.6 Å². The molecule has 1 heterocycles. The van der Waals surface area contributed by atoms with E-state index >= 15 is 0 Å². The molecule has 1 aromatic carbocycles. The third-order valence-electron chi connectivity index (χ3n) is 2.28. The zero-order valence-electron chi connectivity index (χ0n) is 10.1. The van der Waals surface area contributed by atoms with Crippen LogP contribution in [0.5, 0.6) is 5.75 Å². The Balaban J connectivity index is 1.96. The fourth-order valence-electron chi connectivity index (χ4n) is 1.39. The van der Waals surface area contributed by atoms with Gasteiger partial charge in [-0.3, -0.25) is 4.79 Å². The molecule has 0 fully saturated rings. The maximum atomic E-state index is 11.3. The van der Waals surface area contributed by atoms with E-state index in [0.717, 1.165) is 0 Å². The molecule has 0 radical (unpaired) electrons. The van der Waals surface area contributed by atoms with Crippen LogP contribution in [0.15, 0.2) is 28.8 Å². The highest BCUT2D eigenvalue weighted by Gasteiger charge is 2.05. The number of hydrogen-bond donors (Lipinski definition) is 1. The minimum atomic E-state index is -0.130. The van der Waals surface area contributed by atoms with E-state index in [1.807, 2.05) is 0 Å². The molecule has 1 N–H and O–H groups in total. The Morgan fingerprint density at radius 3 is 2.67 bits per heavy atom. The summed E-state index contributed by atoms with van der Waals surface area (Å²) in [7, 11) is 1.59. The zero-order valence-corrected chi connectivity index (χ0v) is 10.1. The lowest BCUT2D eigenvalue weighted by Gasteiger charge is -2.04. The molecular weight excluding hydrogens is 234 g/mol. The molecule has 2 aromatic rings. The number of benzene rings is 1. The van der Waals surface area contributed by atoms with Crippen molar-refractivity contribution in [2.24, 2.45) is 0 Å². The number of nitrogens with one attached hydrogen (secondary N) is 1. The highest BCUT2D eigenvalue weighted by atomic mass is 16.5. The molecule has 6 heteroatoms. The van der Waals surface area contributed by atoms with Gasteiger partial charge in [0.05, 0.1) is 0 Å². The summed E-state index contributed by atoms with van der Waals surface area (Å²) in [6, 6.07) is 6.81. The molecule has 0 saturated heterocycles. The Hall–Kier alpha value is -2.37. The molecule has 0 aliphatic heterocycles. The molecule has 6 nitrogen and oxygen atoms in total. The molecule has 0 bridgehead atoms. The van der Waals surface area contributed by atoms with E-state index in [1.54, 1.807) is 38.2 Å². The quantitative estimate of drug-likeness (QED) is 0.881. The molecule has 94 valence electrons. The Bertz CT molecular complexity index is 534. The van der Waals surface area contributed by atoms with E-state index in [4.69, 9.17) is 9.26 Å². The van der Waals surface area contributed by atoms with Gasteiger partial charge in [0.1, 0.15) is 5.75 Å². The molecule has 0 atom stereocenters. The summed E-state index contributed by atoms with van der Waals surface area (Å²) in [5, 5.41) is 6.21. The number of hydrogen-bond acceptors (Lipinski definition) is 5. The van der Waals surface area contributed by atoms with E-state index in [2.05, 4.69) is 15.5 Å². The number of ether oxygens (including phenoxy) is 1. The molecule has 1 aromatic heterocycles. The third-order valence-corrected chi connectivity index (χ3v) is 2.28. The first-order valence-electron chi connectivity index (χ1n) is 5.43. The second kappa shape index (κ2) is 5.31. The van der Waals surface area contributed by atoms with Gasteiger partial charge in [0.15, 0.2) is 12.4 Å². The van der Waals surface area contributed by atoms with Crippen molar-refractivity contribution >= 4 is 5.91 Å². The van der Waals surface area contributed by atoms with Crippen molar-refractivity contribution in [1.82, 2.24) is 15.5 Å². The molecule has 0 aliphatic carbocycles. The minimum Gasteiger partial charge on any atom is -0.484 e. The third kappa shape index (κ3) is 2.85. The van der Waals surface area contributed by atoms with E-state index < -0.39 is 0 Å². The van der Waals surface area contributed by atoms with E-state index in [0.29, 0.717) is 23.0 Å². The first kappa shape index (κ1) is 12.1. The van der Waals surface area contributed by atoms with E-state index in [9.17, 15) is 4.79 Å². The lowest BCUT2D eigenvalue weighted by atomic mass is 10.2. The SMILES string of the molecule is CNC(=O)c1ccc(OCc2nc(C)no2)cc1. The number of nitrogens with zero attached hydrogens (tertiary/aromatic N) is 2. The molecule has 2 rings (SSSR count). The van der Waals surface area contributed by atoms with Crippen molar-refractivity contribution < 1.29 is 14.1 Å². The molecular formula is C12H13N3O3. The predicted molar refractivity (Wildman–Crippen MR) is 63.2 cm³/mol. The van der Waals surface area contributed by atoms with Crippen molar-refractivity contribution in [3.8, 4) is 5.75 Å². The fourth-order valence-corrected chi connectivity index (χ4v) is 1.39. The van der Waals surface area contributed by atoms with Crippen LogP contribution in [-0.4, -0.2) is 23.1 Å². The number of aryl methyl sites for hydroxylation is 1. The lowest BCUT2D eigenvalue weighted by Crippen LogP contribution is -2.17. The standard InChI is InChI=1S/C12H13N3O3/c1-8-14-11(18-15-8)7-17-10-5-3-9(4-6-10)12(16)13-2/h3-6H,7H2,1-2H3,(H,13,16). The molecule has 18 heavy (non-hydrogen) atoms. The summed E-state index contributed by atoms with van der Waals surface area (Å²) in [6.45, 7) is 1.95. The summed E-state index contributed by atoms with van der Waals surface area (Å²) >= 11 is 0. The summed E-state index contributed by atoms with van der Waals surface area (Å²) in [6.07, 6.45) is 0. The summed E-state index contributed by atoms with van der Waals surface area (Å²) < 4.78 is 10.4. The number of amides is 1. The summed E-state index contributed by atoms with van der Waals surface area (Å²) in [5.74, 6) is 1.50. The number of aromatic nitrogens is 2. The fraction of sp³-hybridized carbons (Fsp3) is 0.250. The second-order valence-electron chi connectivity index (χ2n) is 3.63. The van der Waals surface area contributed by atoms with Crippen molar-refractivity contribution in [1.29, 1.82) is 0 Å². The normalized spacial score (nSPS) is 10.1. The van der Waals surface area contributed by atoms with E-state index in [-0.39, 0.29) is 12.5 Å². The molecule has 0 aliphatic rings. The molecule has 0 unspecified atom stereocenters. The van der Waals surface area contributed by atoms with Crippen LogP contribution in [0.4, 0.5) is 0 Å². The Morgan fingerprint density at radius 1 is 1.39 bits per heavy atom. The van der Waals surface area contributed by atoms with Gasteiger partial charge in [-0.25, -0.2) is 0 Å². The van der Waals surface area contributed by atoms with Crippen LogP contribution in [0.1, 0.15) is 22.1 Å². The van der Waals surface area contributed by atoms with Gasteiger partial charge >= 0.3 is 0 Å². The van der Waals surface area contributed by atoms with Crippen molar-refractivity contribution in [2.45, 2.75) is 13.5 Å². The monoisotopic (exact) mass is 247 g/mol. The van der Waals surface area contributed by atoms with Gasteiger partial charge in [-0.2, -0.15) is 4.98 Å². The highest BCUT2D eigenvalue weighted by Crippen LogP contribution is 2.13. The Labute approximate surface area is 104 Å². The van der Waals surface area contributed by atoms with Crippen LogP contribution in [0.2, 0.25) is 0 Å². The van der Waals surface area contributed by atoms with Crippen LogP contribution in [-0.2, 0) is 6.61 Å². The maximum Gasteiger partial charge on any atom is 0.264 e. The van der Waals surface area contributed by atoms with E-state index in [1.165, 1.54) is 0 Å². The van der Waals surface area contributed by atoms with Crippen LogP contribution in [0.3, 0.4) is 0 Å². The average Bonchev–Trinajstić information content (AvgIpc) is 2.82. The van der Waals surface area contributed by atoms with Crippen LogP contribution >= 0.6 is 0 Å². The number of rotatable bonds is 4. The van der Waals surface area contributed by atoms with Crippen LogP contribution < -0.4 is 10.1 Å². The van der Waals surface area contributed by atoms with Crippen LogP contribution in [0.25, 0.3) is 0 Å². The molecule has 0 spiro atoms. The van der Waals surface area contributed by atoms with Gasteiger partial charge in [0.2, 0.25) is 0 Å². The predicted octanol–water partition coefficient (Wildman–Crippen LogP) is 1.32. The minimum absolute atomic E-state index is 0.130. The largest absolute Gasteiger partial charge is 0.484 e. The average molecular weight is 247 g/mol. The Kier molecular flexibility index (Phi) is 3.57. The zero-order chi connectivity index (χ0) is 13.0. The first-order valence-corrected chi connectivity index (χ1v) is 5.43. The summed E-state index contributed by atoms with van der Waals surface area (Å²) in [4.78, 5) is 15.3. The molecule has 0 saturated carbocycles. The maximum absolute atomic E-state index is 11.3. The van der Waals surface area contributed by atoms with Crippen molar-refractivity contribution in [3.05, 3.63) is 41.5 Å².